The summed E-state index contributed by atoms with van der Waals surface area (Å²) < 4.78 is 5.28. The van der Waals surface area contributed by atoms with Gasteiger partial charge in [0.15, 0.2) is 0 Å². The van der Waals surface area contributed by atoms with Gasteiger partial charge in [-0.1, -0.05) is 35.4 Å². The number of nitrogens with one attached hydrogen (secondary N) is 1. The number of carbonyl (C=O) groups is 3. The molecule has 2 aliphatic rings. The Bertz CT molecular complexity index is 1080. The maximum absolute atomic E-state index is 13.1. The minimum Gasteiger partial charge on any atom is -0.495 e. The van der Waals surface area contributed by atoms with Crippen LogP contribution in [-0.2, 0) is 9.59 Å². The summed E-state index contributed by atoms with van der Waals surface area (Å²) in [7, 11) is 1.49. The highest BCUT2D eigenvalue weighted by molar-refractivity contribution is 6.31. The van der Waals surface area contributed by atoms with Crippen molar-refractivity contribution in [2.45, 2.75) is 19.8 Å². The highest BCUT2D eigenvalue weighted by atomic mass is 35.5. The van der Waals surface area contributed by atoms with Crippen LogP contribution in [-0.4, -0.2) is 24.8 Å². The van der Waals surface area contributed by atoms with Gasteiger partial charge >= 0.3 is 0 Å². The summed E-state index contributed by atoms with van der Waals surface area (Å²) in [5.74, 6) is -1.26. The Morgan fingerprint density at radius 1 is 1.13 bits per heavy atom. The molecule has 2 aromatic carbocycles. The van der Waals surface area contributed by atoms with E-state index in [0.717, 1.165) is 5.57 Å². The Hall–Kier alpha value is -3.12. The van der Waals surface area contributed by atoms with Gasteiger partial charge in [-0.05, 0) is 50.1 Å². The standard InChI is InChI=1S/C23H21ClN2O4/c1-13-7-9-15-17(11-13)23(29)26(22(15)28)19-6-4-3-5-16(19)21(27)25-18-12-14(24)8-10-20(18)30-2/h3-8,10,12,15,17H,9,11H2,1-2H3,(H,25,27)/t15-,17-/m0/s1. The topological polar surface area (TPSA) is 75.7 Å². The number of benzene rings is 2. The minimum absolute atomic E-state index is 0.226. The number of methoxy groups -OCH3 is 1. The SMILES string of the molecule is COc1ccc(Cl)cc1NC(=O)c1ccccc1N1C(=O)[C@H]2CC=C(C)C[C@@H]2C1=O. The van der Waals surface area contributed by atoms with E-state index in [4.69, 9.17) is 16.3 Å². The number of carbonyl (C=O) groups excluding carboxylic acids is 3. The van der Waals surface area contributed by atoms with E-state index in [1.54, 1.807) is 42.5 Å². The third-order valence-corrected chi connectivity index (χ3v) is 5.86. The van der Waals surface area contributed by atoms with Crippen LogP contribution in [0.2, 0.25) is 5.02 Å². The molecule has 154 valence electrons. The highest BCUT2D eigenvalue weighted by Crippen LogP contribution is 2.40. The quantitative estimate of drug-likeness (QED) is 0.581. The number of ether oxygens (including phenoxy) is 1. The first kappa shape index (κ1) is 20.2. The van der Waals surface area contributed by atoms with Crippen LogP contribution in [0.3, 0.4) is 0 Å². The van der Waals surface area contributed by atoms with Crippen molar-refractivity contribution in [3.05, 3.63) is 64.7 Å². The molecule has 1 saturated heterocycles. The lowest BCUT2D eigenvalue weighted by Crippen LogP contribution is -2.33. The number of hydrogen-bond donors (Lipinski definition) is 1. The van der Waals surface area contributed by atoms with Gasteiger partial charge in [-0.3, -0.25) is 14.4 Å². The third-order valence-electron chi connectivity index (χ3n) is 5.62. The molecule has 2 aromatic rings. The zero-order valence-corrected chi connectivity index (χ0v) is 17.4. The molecule has 1 heterocycles. The van der Waals surface area contributed by atoms with Crippen LogP contribution >= 0.6 is 11.6 Å². The van der Waals surface area contributed by atoms with E-state index in [1.807, 2.05) is 13.0 Å². The Kier molecular flexibility index (Phi) is 5.35. The second-order valence-corrected chi connectivity index (χ2v) is 7.97. The number of amides is 3. The van der Waals surface area contributed by atoms with E-state index in [9.17, 15) is 14.4 Å². The summed E-state index contributed by atoms with van der Waals surface area (Å²) in [6.07, 6.45) is 3.13. The molecule has 0 bridgehead atoms. The van der Waals surface area contributed by atoms with E-state index >= 15 is 0 Å². The van der Waals surface area contributed by atoms with Gasteiger partial charge in [0.05, 0.1) is 35.9 Å². The van der Waals surface area contributed by atoms with Crippen molar-refractivity contribution in [1.82, 2.24) is 0 Å². The lowest BCUT2D eigenvalue weighted by molar-refractivity contribution is -0.122. The third kappa shape index (κ3) is 3.48. The Balaban J connectivity index is 1.67. The van der Waals surface area contributed by atoms with Crippen LogP contribution in [0.5, 0.6) is 5.75 Å². The number of para-hydroxylation sites is 1. The molecular weight excluding hydrogens is 404 g/mol. The number of anilines is 2. The van der Waals surface area contributed by atoms with E-state index in [1.165, 1.54) is 12.0 Å². The molecule has 0 spiro atoms. The van der Waals surface area contributed by atoms with Crippen molar-refractivity contribution in [2.75, 3.05) is 17.3 Å². The van der Waals surface area contributed by atoms with Crippen molar-refractivity contribution in [3.8, 4) is 5.75 Å². The number of rotatable bonds is 4. The number of hydrogen-bond acceptors (Lipinski definition) is 4. The minimum atomic E-state index is -0.462. The van der Waals surface area contributed by atoms with Crippen LogP contribution in [0.1, 0.15) is 30.1 Å². The van der Waals surface area contributed by atoms with Gasteiger partial charge < -0.3 is 10.1 Å². The molecule has 0 saturated carbocycles. The van der Waals surface area contributed by atoms with Crippen LogP contribution in [0, 0.1) is 11.8 Å². The second-order valence-electron chi connectivity index (χ2n) is 7.53. The predicted molar refractivity (Wildman–Crippen MR) is 115 cm³/mol. The van der Waals surface area contributed by atoms with E-state index < -0.39 is 5.91 Å². The molecular formula is C23H21ClN2O4. The monoisotopic (exact) mass is 424 g/mol. The van der Waals surface area contributed by atoms with Crippen LogP contribution < -0.4 is 15.0 Å². The second kappa shape index (κ2) is 7.95. The zero-order chi connectivity index (χ0) is 21.4. The molecule has 30 heavy (non-hydrogen) atoms. The van der Waals surface area contributed by atoms with Gasteiger partial charge in [-0.15, -0.1) is 0 Å². The molecule has 1 N–H and O–H groups in total. The van der Waals surface area contributed by atoms with Gasteiger partial charge in [-0.2, -0.15) is 0 Å². The van der Waals surface area contributed by atoms with Crippen LogP contribution in [0.4, 0.5) is 11.4 Å². The fraction of sp³-hybridized carbons (Fsp3) is 0.261. The Morgan fingerprint density at radius 2 is 1.87 bits per heavy atom. The summed E-state index contributed by atoms with van der Waals surface area (Å²) >= 11 is 6.05. The summed E-state index contributed by atoms with van der Waals surface area (Å²) in [6, 6.07) is 11.5. The summed E-state index contributed by atoms with van der Waals surface area (Å²) in [6.45, 7) is 1.97. The lowest BCUT2D eigenvalue weighted by atomic mass is 9.82. The predicted octanol–water partition coefficient (Wildman–Crippen LogP) is 4.45. The Morgan fingerprint density at radius 3 is 2.63 bits per heavy atom. The maximum Gasteiger partial charge on any atom is 0.257 e. The molecule has 3 amide bonds. The fourth-order valence-electron chi connectivity index (χ4n) is 4.10. The first-order chi connectivity index (χ1) is 14.4. The fourth-order valence-corrected chi connectivity index (χ4v) is 4.28. The molecule has 4 rings (SSSR count). The largest absolute Gasteiger partial charge is 0.495 e. The van der Waals surface area contributed by atoms with Gasteiger partial charge in [0.2, 0.25) is 11.8 Å². The van der Waals surface area contributed by atoms with Crippen molar-refractivity contribution in [3.63, 3.8) is 0 Å². The van der Waals surface area contributed by atoms with Gasteiger partial charge in [0, 0.05) is 5.02 Å². The van der Waals surface area contributed by atoms with Gasteiger partial charge in [-0.25, -0.2) is 4.90 Å². The molecule has 0 radical (unpaired) electrons. The van der Waals surface area contributed by atoms with E-state index in [-0.39, 0.29) is 34.9 Å². The van der Waals surface area contributed by atoms with Crippen molar-refractivity contribution in [1.29, 1.82) is 0 Å². The lowest BCUT2D eigenvalue weighted by Gasteiger charge is -2.19. The van der Waals surface area contributed by atoms with Crippen molar-refractivity contribution >= 4 is 40.7 Å². The number of imide groups is 1. The number of allylic oxidation sites excluding steroid dienone is 2. The maximum atomic E-state index is 13.1. The van der Waals surface area contributed by atoms with E-state index in [2.05, 4.69) is 5.32 Å². The van der Waals surface area contributed by atoms with Crippen molar-refractivity contribution in [2.24, 2.45) is 11.8 Å². The number of fused-ring (bicyclic) bond motifs is 1. The van der Waals surface area contributed by atoms with E-state index in [0.29, 0.717) is 29.3 Å². The van der Waals surface area contributed by atoms with Gasteiger partial charge in [0.1, 0.15) is 5.75 Å². The average molecular weight is 425 g/mol. The molecule has 2 atom stereocenters. The summed E-state index contributed by atoms with van der Waals surface area (Å²) in [4.78, 5) is 40.4. The molecule has 1 fully saturated rings. The van der Waals surface area contributed by atoms with Crippen LogP contribution in [0.15, 0.2) is 54.1 Å². The van der Waals surface area contributed by atoms with Gasteiger partial charge in [0.25, 0.3) is 5.91 Å². The molecule has 7 heteroatoms. The first-order valence-corrected chi connectivity index (χ1v) is 10.1. The molecule has 6 nitrogen and oxygen atoms in total. The number of halogens is 1. The zero-order valence-electron chi connectivity index (χ0n) is 16.6. The summed E-state index contributed by atoms with van der Waals surface area (Å²) in [5.41, 5.74) is 2.03. The summed E-state index contributed by atoms with van der Waals surface area (Å²) in [5, 5.41) is 3.21. The molecule has 1 aliphatic carbocycles. The first-order valence-electron chi connectivity index (χ1n) is 9.68. The van der Waals surface area contributed by atoms with Crippen molar-refractivity contribution < 1.29 is 19.1 Å². The Labute approximate surface area is 179 Å². The average Bonchev–Trinajstić information content (AvgIpc) is 2.97. The number of nitrogens with zero attached hydrogens (tertiary/aromatic N) is 1. The normalized spacial score (nSPS) is 20.6. The van der Waals surface area contributed by atoms with Crippen LogP contribution in [0.25, 0.3) is 0 Å². The molecule has 0 aromatic heterocycles. The molecule has 0 unspecified atom stereocenters. The highest BCUT2D eigenvalue weighted by Gasteiger charge is 2.49. The smallest absolute Gasteiger partial charge is 0.257 e. The molecule has 1 aliphatic heterocycles.